The highest BCUT2D eigenvalue weighted by Crippen LogP contribution is 2.14. The summed E-state index contributed by atoms with van der Waals surface area (Å²) in [4.78, 5) is 27.4. The van der Waals surface area contributed by atoms with Crippen LogP contribution in [0.4, 0.5) is 5.69 Å². The lowest BCUT2D eigenvalue weighted by Gasteiger charge is -2.07. The number of halogens is 1. The predicted molar refractivity (Wildman–Crippen MR) is 77.8 cm³/mol. The van der Waals surface area contributed by atoms with E-state index in [0.717, 1.165) is 0 Å². The topological polar surface area (TPSA) is 73.2 Å². The van der Waals surface area contributed by atoms with Crippen molar-refractivity contribution >= 4 is 27.5 Å². The molecule has 0 saturated heterocycles. The zero-order valence-corrected chi connectivity index (χ0v) is 12.3. The molecule has 1 N–H and O–H groups in total. The number of hydrogen-bond donors (Lipinski definition) is 1. The Labute approximate surface area is 123 Å². The molecule has 6 nitrogen and oxygen atoms in total. The summed E-state index contributed by atoms with van der Waals surface area (Å²) in [6.07, 6.45) is 2.71. The second-order valence-electron chi connectivity index (χ2n) is 3.95. The Balaban J connectivity index is 2.05. The van der Waals surface area contributed by atoms with E-state index in [4.69, 9.17) is 4.74 Å². The smallest absolute Gasteiger partial charge is 0.268 e. The van der Waals surface area contributed by atoms with Crippen LogP contribution in [0.2, 0.25) is 0 Å². The molecule has 20 heavy (non-hydrogen) atoms. The van der Waals surface area contributed by atoms with Crippen molar-refractivity contribution in [1.82, 2.24) is 9.55 Å². The second kappa shape index (κ2) is 6.33. The standard InChI is InChI=1S/C13H12BrN3O3/c1-20-10-4-2-9(3-5-10)16-12(18)7-17-8-15-6-11(14)13(17)19/h2-6,8H,7H2,1H3,(H,16,18). The minimum absolute atomic E-state index is 0.0999. The molecule has 0 atom stereocenters. The minimum atomic E-state index is -0.308. The van der Waals surface area contributed by atoms with Gasteiger partial charge in [-0.2, -0.15) is 0 Å². The summed E-state index contributed by atoms with van der Waals surface area (Å²) in [7, 11) is 1.57. The molecule has 0 radical (unpaired) electrons. The Morgan fingerprint density at radius 1 is 1.40 bits per heavy atom. The fourth-order valence-electron chi connectivity index (χ4n) is 1.57. The van der Waals surface area contributed by atoms with Gasteiger partial charge in [-0.1, -0.05) is 0 Å². The van der Waals surface area contributed by atoms with Crippen molar-refractivity contribution in [2.24, 2.45) is 0 Å². The lowest BCUT2D eigenvalue weighted by atomic mass is 10.3. The van der Waals surface area contributed by atoms with Crippen molar-refractivity contribution in [3.8, 4) is 5.75 Å². The lowest BCUT2D eigenvalue weighted by Crippen LogP contribution is -2.28. The molecule has 0 aliphatic rings. The first-order valence-electron chi connectivity index (χ1n) is 5.74. The highest BCUT2D eigenvalue weighted by molar-refractivity contribution is 9.10. The number of ether oxygens (including phenoxy) is 1. The quantitative estimate of drug-likeness (QED) is 0.920. The van der Waals surface area contributed by atoms with Crippen LogP contribution in [0, 0.1) is 0 Å². The van der Waals surface area contributed by atoms with Crippen LogP contribution in [0.1, 0.15) is 0 Å². The maximum absolute atomic E-state index is 11.9. The van der Waals surface area contributed by atoms with Gasteiger partial charge in [-0.15, -0.1) is 0 Å². The summed E-state index contributed by atoms with van der Waals surface area (Å²) in [5.74, 6) is 0.396. The third-order valence-electron chi connectivity index (χ3n) is 2.55. The van der Waals surface area contributed by atoms with Crippen LogP contribution in [0.3, 0.4) is 0 Å². The molecular formula is C13H12BrN3O3. The van der Waals surface area contributed by atoms with E-state index in [0.29, 0.717) is 15.9 Å². The van der Waals surface area contributed by atoms with Crippen molar-refractivity contribution in [3.05, 3.63) is 51.6 Å². The number of anilines is 1. The Kier molecular flexibility index (Phi) is 4.52. The van der Waals surface area contributed by atoms with Crippen molar-refractivity contribution in [1.29, 1.82) is 0 Å². The van der Waals surface area contributed by atoms with Crippen LogP contribution < -0.4 is 15.6 Å². The molecule has 104 valence electrons. The van der Waals surface area contributed by atoms with Gasteiger partial charge in [-0.25, -0.2) is 4.98 Å². The highest BCUT2D eigenvalue weighted by Gasteiger charge is 2.07. The summed E-state index contributed by atoms with van der Waals surface area (Å²) in [5, 5.41) is 2.69. The van der Waals surface area contributed by atoms with Crippen LogP contribution in [0.15, 0.2) is 46.1 Å². The predicted octanol–water partition coefficient (Wildman–Crippen LogP) is 1.65. The zero-order valence-electron chi connectivity index (χ0n) is 10.7. The fraction of sp³-hybridized carbons (Fsp3) is 0.154. The number of rotatable bonds is 4. The third-order valence-corrected chi connectivity index (χ3v) is 3.09. The van der Waals surface area contributed by atoms with Crippen LogP contribution in [-0.2, 0) is 11.3 Å². The molecular weight excluding hydrogens is 326 g/mol. The highest BCUT2D eigenvalue weighted by atomic mass is 79.9. The van der Waals surface area contributed by atoms with E-state index in [-0.39, 0.29) is 18.0 Å². The number of benzene rings is 1. The molecule has 7 heteroatoms. The molecule has 1 amide bonds. The first kappa shape index (κ1) is 14.3. The van der Waals surface area contributed by atoms with E-state index in [9.17, 15) is 9.59 Å². The average Bonchev–Trinajstić information content (AvgIpc) is 2.45. The second-order valence-corrected chi connectivity index (χ2v) is 4.81. The molecule has 0 aliphatic carbocycles. The number of amides is 1. The van der Waals surface area contributed by atoms with E-state index < -0.39 is 0 Å². The van der Waals surface area contributed by atoms with E-state index in [2.05, 4.69) is 26.2 Å². The SMILES string of the molecule is COc1ccc(NC(=O)Cn2cncc(Br)c2=O)cc1. The molecule has 0 bridgehead atoms. The van der Waals surface area contributed by atoms with Crippen molar-refractivity contribution in [2.75, 3.05) is 12.4 Å². The molecule has 1 aromatic heterocycles. The minimum Gasteiger partial charge on any atom is -0.497 e. The van der Waals surface area contributed by atoms with Gasteiger partial charge in [0, 0.05) is 11.9 Å². The molecule has 1 aromatic carbocycles. The van der Waals surface area contributed by atoms with Crippen LogP contribution >= 0.6 is 15.9 Å². The Morgan fingerprint density at radius 2 is 2.10 bits per heavy atom. The molecule has 0 fully saturated rings. The number of carbonyl (C=O) groups is 1. The fourth-order valence-corrected chi connectivity index (χ4v) is 1.91. The number of aromatic nitrogens is 2. The maximum atomic E-state index is 11.9. The molecule has 0 saturated carbocycles. The normalized spacial score (nSPS) is 10.1. The molecule has 2 aromatic rings. The maximum Gasteiger partial charge on any atom is 0.268 e. The van der Waals surface area contributed by atoms with Crippen molar-refractivity contribution < 1.29 is 9.53 Å². The monoisotopic (exact) mass is 337 g/mol. The lowest BCUT2D eigenvalue weighted by molar-refractivity contribution is -0.116. The molecule has 0 spiro atoms. The summed E-state index contributed by atoms with van der Waals surface area (Å²) in [6, 6.07) is 6.92. The Hall–Kier alpha value is -2.15. The molecule has 2 rings (SSSR count). The molecule has 1 heterocycles. The number of nitrogens with zero attached hydrogens (tertiary/aromatic N) is 2. The number of nitrogens with one attached hydrogen (secondary N) is 1. The number of methoxy groups -OCH3 is 1. The van der Waals surface area contributed by atoms with Gasteiger partial charge >= 0.3 is 0 Å². The number of hydrogen-bond acceptors (Lipinski definition) is 4. The third kappa shape index (κ3) is 3.45. The zero-order chi connectivity index (χ0) is 14.5. The van der Waals surface area contributed by atoms with Gasteiger partial charge in [0.05, 0.1) is 13.4 Å². The van der Waals surface area contributed by atoms with Gasteiger partial charge in [0.25, 0.3) is 5.56 Å². The van der Waals surface area contributed by atoms with Crippen molar-refractivity contribution in [3.63, 3.8) is 0 Å². The van der Waals surface area contributed by atoms with Crippen molar-refractivity contribution in [2.45, 2.75) is 6.54 Å². The summed E-state index contributed by atoms with van der Waals surface area (Å²) in [5.41, 5.74) is 0.330. The van der Waals surface area contributed by atoms with Gasteiger partial charge in [0.15, 0.2) is 0 Å². The summed E-state index contributed by atoms with van der Waals surface area (Å²) >= 11 is 3.08. The Bertz CT molecular complexity index is 667. The summed E-state index contributed by atoms with van der Waals surface area (Å²) < 4.78 is 6.57. The van der Waals surface area contributed by atoms with E-state index in [1.54, 1.807) is 31.4 Å². The van der Waals surface area contributed by atoms with E-state index in [1.165, 1.54) is 17.1 Å². The number of carbonyl (C=O) groups excluding carboxylic acids is 1. The van der Waals surface area contributed by atoms with Crippen LogP contribution in [-0.4, -0.2) is 22.6 Å². The van der Waals surface area contributed by atoms with Gasteiger partial charge in [-0.05, 0) is 40.2 Å². The first-order valence-corrected chi connectivity index (χ1v) is 6.53. The average molecular weight is 338 g/mol. The van der Waals surface area contributed by atoms with E-state index >= 15 is 0 Å². The first-order chi connectivity index (χ1) is 9.60. The Morgan fingerprint density at radius 3 is 2.75 bits per heavy atom. The largest absolute Gasteiger partial charge is 0.497 e. The van der Waals surface area contributed by atoms with Gasteiger partial charge in [0.1, 0.15) is 16.8 Å². The van der Waals surface area contributed by atoms with Gasteiger partial charge < -0.3 is 10.1 Å². The van der Waals surface area contributed by atoms with Crippen LogP contribution in [0.5, 0.6) is 5.75 Å². The van der Waals surface area contributed by atoms with Gasteiger partial charge in [-0.3, -0.25) is 14.2 Å². The van der Waals surface area contributed by atoms with Crippen LogP contribution in [0.25, 0.3) is 0 Å². The van der Waals surface area contributed by atoms with Gasteiger partial charge in [0.2, 0.25) is 5.91 Å². The summed E-state index contributed by atoms with van der Waals surface area (Å²) in [6.45, 7) is -0.0999. The van der Waals surface area contributed by atoms with E-state index in [1.807, 2.05) is 0 Å². The molecule has 0 aliphatic heterocycles. The molecule has 0 unspecified atom stereocenters.